The van der Waals surface area contributed by atoms with Crippen molar-refractivity contribution in [1.29, 1.82) is 0 Å². The van der Waals surface area contributed by atoms with Gasteiger partial charge in [-0.1, -0.05) is 12.8 Å². The largest absolute Gasteiger partial charge is 0.380 e. The lowest BCUT2D eigenvalue weighted by Gasteiger charge is -2.15. The average molecular weight is 228 g/mol. The molecular formula is C13H28N2O. The van der Waals surface area contributed by atoms with Gasteiger partial charge in [-0.3, -0.25) is 0 Å². The van der Waals surface area contributed by atoms with Crippen LogP contribution in [0.15, 0.2) is 0 Å². The SMILES string of the molecule is CNCCCCCCOCCN(C)C1CC1. The standard InChI is InChI=1S/C13H28N2O/c1-14-9-5-3-4-6-11-16-12-10-15(2)13-7-8-13/h13-14H,3-12H2,1-2H3. The molecule has 0 aromatic carbocycles. The predicted octanol–water partition coefficient (Wildman–Crippen LogP) is 1.88. The molecule has 0 aromatic rings. The summed E-state index contributed by atoms with van der Waals surface area (Å²) in [5.74, 6) is 0. The Morgan fingerprint density at radius 3 is 2.56 bits per heavy atom. The summed E-state index contributed by atoms with van der Waals surface area (Å²) in [5.41, 5.74) is 0. The van der Waals surface area contributed by atoms with Crippen molar-refractivity contribution in [1.82, 2.24) is 10.2 Å². The van der Waals surface area contributed by atoms with Crippen molar-refractivity contribution in [2.75, 3.05) is 40.4 Å². The van der Waals surface area contributed by atoms with Gasteiger partial charge in [-0.25, -0.2) is 0 Å². The van der Waals surface area contributed by atoms with Crippen LogP contribution in [0.2, 0.25) is 0 Å². The molecule has 0 spiro atoms. The molecule has 0 amide bonds. The lowest BCUT2D eigenvalue weighted by atomic mass is 10.2. The minimum atomic E-state index is 0.866. The summed E-state index contributed by atoms with van der Waals surface area (Å²) in [4.78, 5) is 2.42. The van der Waals surface area contributed by atoms with Crippen LogP contribution in [0.25, 0.3) is 0 Å². The molecule has 3 nitrogen and oxygen atoms in total. The number of rotatable bonds is 11. The minimum absolute atomic E-state index is 0.866. The highest BCUT2D eigenvalue weighted by Crippen LogP contribution is 2.24. The van der Waals surface area contributed by atoms with Crippen molar-refractivity contribution in [2.24, 2.45) is 0 Å². The summed E-state index contributed by atoms with van der Waals surface area (Å²) < 4.78 is 5.63. The molecule has 16 heavy (non-hydrogen) atoms. The number of likely N-dealkylation sites (N-methyl/N-ethyl adjacent to an activating group) is 1. The first-order chi connectivity index (χ1) is 7.84. The summed E-state index contributed by atoms with van der Waals surface area (Å²) in [6.07, 6.45) is 7.92. The second-order valence-electron chi connectivity index (χ2n) is 4.84. The van der Waals surface area contributed by atoms with Crippen LogP contribution in [0.4, 0.5) is 0 Å². The van der Waals surface area contributed by atoms with Gasteiger partial charge in [0, 0.05) is 19.2 Å². The zero-order valence-electron chi connectivity index (χ0n) is 11.0. The summed E-state index contributed by atoms with van der Waals surface area (Å²) in [6.45, 7) is 4.10. The lowest BCUT2D eigenvalue weighted by Crippen LogP contribution is -2.25. The first kappa shape index (κ1) is 13.9. The molecule has 0 atom stereocenters. The van der Waals surface area contributed by atoms with E-state index in [4.69, 9.17) is 4.74 Å². The van der Waals surface area contributed by atoms with Crippen molar-refractivity contribution in [2.45, 2.75) is 44.6 Å². The zero-order valence-corrected chi connectivity index (χ0v) is 11.0. The Balaban J connectivity index is 1.71. The van der Waals surface area contributed by atoms with Crippen LogP contribution in [-0.2, 0) is 4.74 Å². The Morgan fingerprint density at radius 2 is 1.88 bits per heavy atom. The van der Waals surface area contributed by atoms with Gasteiger partial charge in [-0.2, -0.15) is 0 Å². The highest BCUT2D eigenvalue weighted by atomic mass is 16.5. The molecule has 1 rings (SSSR count). The fraction of sp³-hybridized carbons (Fsp3) is 1.00. The van der Waals surface area contributed by atoms with Crippen LogP contribution in [-0.4, -0.2) is 51.3 Å². The Morgan fingerprint density at radius 1 is 1.12 bits per heavy atom. The first-order valence-electron chi connectivity index (χ1n) is 6.77. The van der Waals surface area contributed by atoms with Gasteiger partial charge in [0.25, 0.3) is 0 Å². The van der Waals surface area contributed by atoms with Crippen LogP contribution in [0.3, 0.4) is 0 Å². The number of unbranched alkanes of at least 4 members (excludes halogenated alkanes) is 3. The van der Waals surface area contributed by atoms with E-state index in [-0.39, 0.29) is 0 Å². The van der Waals surface area contributed by atoms with Gasteiger partial charge >= 0.3 is 0 Å². The molecular weight excluding hydrogens is 200 g/mol. The van der Waals surface area contributed by atoms with E-state index < -0.39 is 0 Å². The van der Waals surface area contributed by atoms with E-state index in [1.807, 2.05) is 7.05 Å². The molecule has 0 heterocycles. The number of nitrogens with zero attached hydrogens (tertiary/aromatic N) is 1. The van der Waals surface area contributed by atoms with Gasteiger partial charge in [-0.15, -0.1) is 0 Å². The van der Waals surface area contributed by atoms with Crippen molar-refractivity contribution in [3.63, 3.8) is 0 Å². The maximum absolute atomic E-state index is 5.63. The van der Waals surface area contributed by atoms with Gasteiger partial charge in [0.1, 0.15) is 0 Å². The second-order valence-corrected chi connectivity index (χ2v) is 4.84. The Kier molecular flexibility index (Phi) is 7.81. The molecule has 3 heteroatoms. The molecule has 1 N–H and O–H groups in total. The van der Waals surface area contributed by atoms with E-state index >= 15 is 0 Å². The Hall–Kier alpha value is -0.120. The number of nitrogens with one attached hydrogen (secondary N) is 1. The molecule has 0 unspecified atom stereocenters. The van der Waals surface area contributed by atoms with E-state index in [1.165, 1.54) is 38.5 Å². The summed E-state index contributed by atoms with van der Waals surface area (Å²) in [6, 6.07) is 0.866. The number of hydrogen-bond donors (Lipinski definition) is 1. The maximum atomic E-state index is 5.63. The smallest absolute Gasteiger partial charge is 0.0593 e. The van der Waals surface area contributed by atoms with Crippen LogP contribution in [0, 0.1) is 0 Å². The van der Waals surface area contributed by atoms with E-state index in [1.54, 1.807) is 0 Å². The van der Waals surface area contributed by atoms with E-state index in [2.05, 4.69) is 17.3 Å². The molecule has 1 saturated carbocycles. The fourth-order valence-corrected chi connectivity index (χ4v) is 1.87. The third kappa shape index (κ3) is 7.20. The monoisotopic (exact) mass is 228 g/mol. The third-order valence-corrected chi connectivity index (χ3v) is 3.22. The van der Waals surface area contributed by atoms with Crippen molar-refractivity contribution < 1.29 is 4.74 Å². The van der Waals surface area contributed by atoms with Crippen molar-refractivity contribution >= 4 is 0 Å². The first-order valence-corrected chi connectivity index (χ1v) is 6.77. The predicted molar refractivity (Wildman–Crippen MR) is 68.9 cm³/mol. The van der Waals surface area contributed by atoms with Crippen molar-refractivity contribution in [3.05, 3.63) is 0 Å². The van der Waals surface area contributed by atoms with Gasteiger partial charge in [0.05, 0.1) is 6.61 Å². The topological polar surface area (TPSA) is 24.5 Å². The summed E-state index contributed by atoms with van der Waals surface area (Å²) in [5, 5.41) is 3.17. The highest BCUT2D eigenvalue weighted by Gasteiger charge is 2.25. The van der Waals surface area contributed by atoms with Crippen LogP contribution in [0.5, 0.6) is 0 Å². The van der Waals surface area contributed by atoms with Crippen LogP contribution < -0.4 is 5.32 Å². The van der Waals surface area contributed by atoms with E-state index in [0.29, 0.717) is 0 Å². The minimum Gasteiger partial charge on any atom is -0.380 e. The molecule has 0 aliphatic heterocycles. The van der Waals surface area contributed by atoms with E-state index in [9.17, 15) is 0 Å². The van der Waals surface area contributed by atoms with E-state index in [0.717, 1.165) is 32.3 Å². The van der Waals surface area contributed by atoms with Crippen LogP contribution in [0.1, 0.15) is 38.5 Å². The molecule has 0 saturated heterocycles. The van der Waals surface area contributed by atoms with Gasteiger partial charge in [0.2, 0.25) is 0 Å². The lowest BCUT2D eigenvalue weighted by molar-refractivity contribution is 0.106. The normalized spacial score (nSPS) is 15.9. The van der Waals surface area contributed by atoms with Gasteiger partial charge in [0.15, 0.2) is 0 Å². The maximum Gasteiger partial charge on any atom is 0.0593 e. The highest BCUT2D eigenvalue weighted by molar-refractivity contribution is 4.81. The van der Waals surface area contributed by atoms with Crippen LogP contribution >= 0.6 is 0 Å². The Bertz CT molecular complexity index is 160. The molecule has 0 aromatic heterocycles. The van der Waals surface area contributed by atoms with Gasteiger partial charge in [-0.05, 0) is 46.3 Å². The summed E-state index contributed by atoms with van der Waals surface area (Å²) in [7, 11) is 4.22. The molecule has 1 aliphatic rings. The molecule has 96 valence electrons. The average Bonchev–Trinajstić information content (AvgIpc) is 3.10. The fourth-order valence-electron chi connectivity index (χ4n) is 1.87. The second kappa shape index (κ2) is 8.97. The molecule has 1 aliphatic carbocycles. The third-order valence-electron chi connectivity index (χ3n) is 3.22. The van der Waals surface area contributed by atoms with Gasteiger partial charge < -0.3 is 15.0 Å². The zero-order chi connectivity index (χ0) is 11.6. The molecule has 0 radical (unpaired) electrons. The number of hydrogen-bond acceptors (Lipinski definition) is 3. The van der Waals surface area contributed by atoms with Crippen molar-refractivity contribution in [3.8, 4) is 0 Å². The quantitative estimate of drug-likeness (QED) is 0.546. The molecule has 0 bridgehead atoms. The molecule has 1 fully saturated rings. The summed E-state index contributed by atoms with van der Waals surface area (Å²) >= 11 is 0. The number of ether oxygens (including phenoxy) is 1. The Labute approximate surface area is 101 Å².